The van der Waals surface area contributed by atoms with Crippen molar-refractivity contribution in [1.29, 1.82) is 0 Å². The molecule has 26 heavy (non-hydrogen) atoms. The second kappa shape index (κ2) is 6.92. The van der Waals surface area contributed by atoms with Gasteiger partial charge in [0.15, 0.2) is 0 Å². The molecular weight excluding hydrogens is 328 g/mol. The Morgan fingerprint density at radius 1 is 1.19 bits per heavy atom. The maximum atomic E-state index is 12.8. The maximum absolute atomic E-state index is 12.8. The van der Waals surface area contributed by atoms with E-state index in [9.17, 15) is 9.59 Å². The minimum atomic E-state index is -0.508. The Morgan fingerprint density at radius 3 is 2.81 bits per heavy atom. The molecule has 0 bridgehead atoms. The number of hydrogen-bond donors (Lipinski definition) is 1. The van der Waals surface area contributed by atoms with Crippen LogP contribution >= 0.6 is 0 Å². The van der Waals surface area contributed by atoms with E-state index < -0.39 is 6.10 Å². The van der Waals surface area contributed by atoms with Crippen molar-refractivity contribution in [1.82, 2.24) is 4.90 Å². The third-order valence-corrected chi connectivity index (χ3v) is 5.25. The molecule has 1 fully saturated rings. The Morgan fingerprint density at radius 2 is 2.00 bits per heavy atom. The minimum absolute atomic E-state index is 0.00151. The molecule has 0 unspecified atom stereocenters. The third-order valence-electron chi connectivity index (χ3n) is 5.25. The van der Waals surface area contributed by atoms with Crippen LogP contribution in [-0.2, 0) is 16.0 Å². The summed E-state index contributed by atoms with van der Waals surface area (Å²) in [6, 6.07) is 15.6. The van der Waals surface area contributed by atoms with Crippen molar-refractivity contribution < 1.29 is 14.3 Å². The highest BCUT2D eigenvalue weighted by Crippen LogP contribution is 2.32. The van der Waals surface area contributed by atoms with Crippen LogP contribution < -0.4 is 5.32 Å². The fourth-order valence-corrected chi connectivity index (χ4v) is 3.77. The zero-order chi connectivity index (χ0) is 18.1. The van der Waals surface area contributed by atoms with Crippen LogP contribution in [0.2, 0.25) is 0 Å². The monoisotopic (exact) mass is 350 g/mol. The van der Waals surface area contributed by atoms with Crippen LogP contribution in [-0.4, -0.2) is 43.0 Å². The second-order valence-corrected chi connectivity index (χ2v) is 6.94. The van der Waals surface area contributed by atoms with Crippen molar-refractivity contribution in [2.24, 2.45) is 0 Å². The first-order chi connectivity index (χ1) is 12.6. The fraction of sp³-hybridized carbons (Fsp3) is 0.333. The zero-order valence-corrected chi connectivity index (χ0v) is 14.8. The largest absolute Gasteiger partial charge is 0.368 e. The number of carbonyl (C=O) groups is 2. The lowest BCUT2D eigenvalue weighted by Gasteiger charge is -2.25. The molecule has 0 aliphatic carbocycles. The number of hydrogen-bond acceptors (Lipinski definition) is 3. The molecule has 0 spiro atoms. The summed E-state index contributed by atoms with van der Waals surface area (Å²) in [7, 11) is 1.80. The van der Waals surface area contributed by atoms with Crippen LogP contribution in [0.4, 0.5) is 5.69 Å². The molecule has 1 saturated heterocycles. The van der Waals surface area contributed by atoms with Gasteiger partial charge in [0.2, 0.25) is 0 Å². The van der Waals surface area contributed by atoms with Crippen LogP contribution in [0.5, 0.6) is 0 Å². The molecule has 2 aliphatic rings. The number of rotatable bonds is 3. The van der Waals surface area contributed by atoms with Gasteiger partial charge >= 0.3 is 0 Å². The summed E-state index contributed by atoms with van der Waals surface area (Å²) in [5, 5.41) is 2.93. The summed E-state index contributed by atoms with van der Waals surface area (Å²) in [6.07, 6.45) is 1.16. The lowest BCUT2D eigenvalue weighted by Crippen LogP contribution is -2.34. The number of anilines is 1. The summed E-state index contributed by atoms with van der Waals surface area (Å²) in [5.74, 6) is -0.101. The Hall–Kier alpha value is -2.66. The van der Waals surface area contributed by atoms with Crippen molar-refractivity contribution in [2.45, 2.75) is 24.9 Å². The van der Waals surface area contributed by atoms with Gasteiger partial charge < -0.3 is 15.0 Å². The first-order valence-corrected chi connectivity index (χ1v) is 8.99. The van der Waals surface area contributed by atoms with Crippen LogP contribution in [0.3, 0.4) is 0 Å². The van der Waals surface area contributed by atoms with Gasteiger partial charge in [-0.05, 0) is 36.1 Å². The average Bonchev–Trinajstić information content (AvgIpc) is 3.16. The normalized spacial score (nSPS) is 22.2. The Bertz CT molecular complexity index is 834. The third kappa shape index (κ3) is 3.10. The summed E-state index contributed by atoms with van der Waals surface area (Å²) in [5.41, 5.74) is 3.46. The highest BCUT2D eigenvalue weighted by Gasteiger charge is 2.35. The molecule has 0 radical (unpaired) electrons. The standard InChI is InChI=1S/C21H22N2O3/c1-23-11-9-15-7-8-16(13-18(15)21(23)25)22-20(24)19-17(10-12-26-19)14-5-3-2-4-6-14/h2-8,13,17,19H,9-12H2,1H3,(H,22,24)/t17-,19-/m1/s1. The van der Waals surface area contributed by atoms with Crippen molar-refractivity contribution in [3.05, 3.63) is 65.2 Å². The lowest BCUT2D eigenvalue weighted by molar-refractivity contribution is -0.125. The topological polar surface area (TPSA) is 58.6 Å². The molecule has 2 aromatic carbocycles. The molecule has 1 N–H and O–H groups in total. The maximum Gasteiger partial charge on any atom is 0.254 e. The second-order valence-electron chi connectivity index (χ2n) is 6.94. The lowest BCUT2D eigenvalue weighted by atomic mass is 9.92. The van der Waals surface area contributed by atoms with E-state index in [2.05, 4.69) is 5.32 Å². The van der Waals surface area contributed by atoms with Crippen molar-refractivity contribution >= 4 is 17.5 Å². The molecule has 0 aromatic heterocycles. The number of amides is 2. The van der Waals surface area contributed by atoms with Gasteiger partial charge in [0.25, 0.3) is 11.8 Å². The van der Waals surface area contributed by atoms with Crippen molar-refractivity contribution in [3.63, 3.8) is 0 Å². The van der Waals surface area contributed by atoms with Crippen molar-refractivity contribution in [2.75, 3.05) is 25.5 Å². The molecular formula is C21H22N2O3. The number of nitrogens with zero attached hydrogens (tertiary/aromatic N) is 1. The predicted octanol–water partition coefficient (Wildman–Crippen LogP) is 2.83. The first kappa shape index (κ1) is 16.8. The summed E-state index contributed by atoms with van der Waals surface area (Å²) in [6.45, 7) is 1.30. The Balaban J connectivity index is 1.52. The number of benzene rings is 2. The van der Waals surface area contributed by atoms with Gasteiger partial charge in [-0.15, -0.1) is 0 Å². The molecule has 4 rings (SSSR count). The first-order valence-electron chi connectivity index (χ1n) is 8.99. The van der Waals surface area contributed by atoms with Gasteiger partial charge in [0.05, 0.1) is 0 Å². The molecule has 2 amide bonds. The van der Waals surface area contributed by atoms with E-state index in [-0.39, 0.29) is 17.7 Å². The molecule has 0 saturated carbocycles. The van der Waals surface area contributed by atoms with Gasteiger partial charge in [-0.3, -0.25) is 9.59 Å². The van der Waals surface area contributed by atoms with Gasteiger partial charge in [-0.2, -0.15) is 0 Å². The van der Waals surface area contributed by atoms with E-state index in [0.717, 1.165) is 30.5 Å². The summed E-state index contributed by atoms with van der Waals surface area (Å²) in [4.78, 5) is 26.8. The predicted molar refractivity (Wildman–Crippen MR) is 99.3 cm³/mol. The molecule has 2 atom stereocenters. The van der Waals surface area contributed by atoms with Crippen LogP contribution in [0.1, 0.15) is 33.8 Å². The molecule has 2 heterocycles. The van der Waals surface area contributed by atoms with Crippen LogP contribution in [0.25, 0.3) is 0 Å². The molecule has 5 heteroatoms. The minimum Gasteiger partial charge on any atom is -0.368 e. The summed E-state index contributed by atoms with van der Waals surface area (Å²) < 4.78 is 5.72. The van der Waals surface area contributed by atoms with Crippen molar-refractivity contribution in [3.8, 4) is 0 Å². The smallest absolute Gasteiger partial charge is 0.254 e. The van der Waals surface area contributed by atoms with E-state index in [1.165, 1.54) is 0 Å². The average molecular weight is 350 g/mol. The highest BCUT2D eigenvalue weighted by molar-refractivity contribution is 6.00. The Kier molecular flexibility index (Phi) is 4.47. The van der Waals surface area contributed by atoms with Gasteiger partial charge in [-0.1, -0.05) is 36.4 Å². The van der Waals surface area contributed by atoms with Crippen LogP contribution in [0, 0.1) is 0 Å². The molecule has 2 aliphatic heterocycles. The number of likely N-dealkylation sites (N-methyl/N-ethyl adjacent to an activating group) is 1. The fourth-order valence-electron chi connectivity index (χ4n) is 3.77. The number of fused-ring (bicyclic) bond motifs is 1. The van der Waals surface area contributed by atoms with E-state index in [0.29, 0.717) is 17.9 Å². The molecule has 2 aromatic rings. The van der Waals surface area contributed by atoms with Gasteiger partial charge in [0.1, 0.15) is 6.10 Å². The highest BCUT2D eigenvalue weighted by atomic mass is 16.5. The Labute approximate surface area is 153 Å². The van der Waals surface area contributed by atoms with Gasteiger partial charge in [0, 0.05) is 37.4 Å². The van der Waals surface area contributed by atoms with Crippen LogP contribution in [0.15, 0.2) is 48.5 Å². The molecule has 134 valence electrons. The van der Waals surface area contributed by atoms with Gasteiger partial charge in [-0.25, -0.2) is 0 Å². The number of nitrogens with one attached hydrogen (secondary N) is 1. The summed E-state index contributed by atoms with van der Waals surface area (Å²) >= 11 is 0. The van der Waals surface area contributed by atoms with E-state index in [1.807, 2.05) is 42.5 Å². The number of ether oxygens (including phenoxy) is 1. The zero-order valence-electron chi connectivity index (χ0n) is 14.8. The number of carbonyl (C=O) groups excluding carboxylic acids is 2. The van der Waals surface area contributed by atoms with E-state index in [1.54, 1.807) is 18.0 Å². The van der Waals surface area contributed by atoms with E-state index >= 15 is 0 Å². The van der Waals surface area contributed by atoms with E-state index in [4.69, 9.17) is 4.74 Å². The quantitative estimate of drug-likeness (QED) is 0.926. The SMILES string of the molecule is CN1CCc2ccc(NC(=O)[C@@H]3OCC[C@@H]3c3ccccc3)cc2C1=O. The molecule has 5 nitrogen and oxygen atoms in total.